The number of aromatic amines is 1. The van der Waals surface area contributed by atoms with E-state index in [2.05, 4.69) is 15.0 Å². The summed E-state index contributed by atoms with van der Waals surface area (Å²) in [6.07, 6.45) is 1.10. The quantitative estimate of drug-likeness (QED) is 0.598. The largest absolute Gasteiger partial charge is 0.467 e. The van der Waals surface area contributed by atoms with Crippen molar-refractivity contribution in [1.29, 1.82) is 0 Å². The zero-order valence-corrected chi connectivity index (χ0v) is 15.7. The van der Waals surface area contributed by atoms with Gasteiger partial charge in [-0.25, -0.2) is 9.98 Å². The van der Waals surface area contributed by atoms with Crippen molar-refractivity contribution in [3.05, 3.63) is 53.9 Å². The number of nitrogens with zero attached hydrogens (tertiary/aromatic N) is 2. The summed E-state index contributed by atoms with van der Waals surface area (Å²) in [6.45, 7) is 0.642. The molecule has 0 radical (unpaired) electrons. The van der Waals surface area contributed by atoms with Crippen molar-refractivity contribution in [2.24, 2.45) is 4.99 Å². The Balaban J connectivity index is 1.48. The van der Waals surface area contributed by atoms with Crippen molar-refractivity contribution in [1.82, 2.24) is 9.97 Å². The summed E-state index contributed by atoms with van der Waals surface area (Å²) in [5, 5.41) is 0. The normalized spacial score (nSPS) is 18.8. The Morgan fingerprint density at radius 3 is 2.59 bits per heavy atom. The topological polar surface area (TPSA) is 50.3 Å². The Labute approximate surface area is 165 Å². The summed E-state index contributed by atoms with van der Waals surface area (Å²) in [7, 11) is 0. The molecule has 7 heteroatoms. The van der Waals surface area contributed by atoms with Crippen LogP contribution in [0.5, 0.6) is 0 Å². The average Bonchev–Trinajstić information content (AvgIpc) is 3.32. The van der Waals surface area contributed by atoms with Crippen molar-refractivity contribution in [2.45, 2.75) is 43.9 Å². The Bertz CT molecular complexity index is 1090. The molecule has 1 aliphatic heterocycles. The number of imidazole rings is 1. The molecule has 1 spiro atoms. The van der Waals surface area contributed by atoms with Crippen LogP contribution in [0.25, 0.3) is 22.2 Å². The molecule has 0 saturated heterocycles. The van der Waals surface area contributed by atoms with E-state index in [9.17, 15) is 13.2 Å². The van der Waals surface area contributed by atoms with Crippen LogP contribution in [0.15, 0.2) is 47.5 Å². The zero-order valence-electron chi connectivity index (χ0n) is 15.7. The monoisotopic (exact) mass is 399 g/mol. The lowest BCUT2D eigenvalue weighted by atomic mass is 9.85. The van der Waals surface area contributed by atoms with Crippen molar-refractivity contribution in [3.8, 4) is 11.1 Å². The number of alkyl halides is 3. The Morgan fingerprint density at radius 1 is 1.00 bits per heavy atom. The van der Waals surface area contributed by atoms with Gasteiger partial charge in [-0.2, -0.15) is 13.2 Å². The number of hydrogen-bond acceptors (Lipinski definition) is 3. The first kappa shape index (κ1) is 18.2. The highest BCUT2D eigenvalue weighted by molar-refractivity contribution is 5.96. The van der Waals surface area contributed by atoms with Crippen LogP contribution in [0.4, 0.5) is 13.2 Å². The van der Waals surface area contributed by atoms with E-state index in [0.29, 0.717) is 29.3 Å². The van der Waals surface area contributed by atoms with Gasteiger partial charge in [0.05, 0.1) is 23.1 Å². The van der Waals surface area contributed by atoms with Crippen LogP contribution in [0.3, 0.4) is 0 Å². The first-order chi connectivity index (χ1) is 13.9. The lowest BCUT2D eigenvalue weighted by Crippen LogP contribution is -2.35. The molecule has 1 aliphatic carbocycles. The number of rotatable bonds is 2. The van der Waals surface area contributed by atoms with E-state index in [1.54, 1.807) is 24.3 Å². The second-order valence-corrected chi connectivity index (χ2v) is 7.83. The molecule has 29 heavy (non-hydrogen) atoms. The first-order valence-corrected chi connectivity index (χ1v) is 9.84. The lowest BCUT2D eigenvalue weighted by molar-refractivity contribution is -0.137. The fraction of sp³-hybridized carbons (Fsp3) is 0.364. The molecule has 150 valence electrons. The van der Waals surface area contributed by atoms with Crippen LogP contribution >= 0.6 is 0 Å². The summed E-state index contributed by atoms with van der Waals surface area (Å²) in [5.41, 5.74) is 1.08. The first-order valence-electron chi connectivity index (χ1n) is 9.84. The number of H-pyrrole nitrogens is 1. The number of nitrogens with one attached hydrogen (secondary N) is 1. The summed E-state index contributed by atoms with van der Waals surface area (Å²) >= 11 is 0. The van der Waals surface area contributed by atoms with Crippen LogP contribution in [-0.2, 0) is 10.9 Å². The molecule has 3 aromatic rings. The Kier molecular flexibility index (Phi) is 4.15. The minimum Gasteiger partial charge on any atom is -0.467 e. The number of aromatic nitrogens is 2. The zero-order chi connectivity index (χ0) is 20.1. The van der Waals surface area contributed by atoms with Gasteiger partial charge in [-0.3, -0.25) is 0 Å². The molecule has 2 heterocycles. The molecule has 0 amide bonds. The summed E-state index contributed by atoms with van der Waals surface area (Å²) in [5.74, 6) is 1.03. The van der Waals surface area contributed by atoms with Crippen molar-refractivity contribution in [3.63, 3.8) is 0 Å². The van der Waals surface area contributed by atoms with E-state index in [-0.39, 0.29) is 11.2 Å². The van der Waals surface area contributed by atoms with Gasteiger partial charge in [0, 0.05) is 0 Å². The molecular formula is C22H20F3N3O. The summed E-state index contributed by atoms with van der Waals surface area (Å²) < 4.78 is 46.3. The van der Waals surface area contributed by atoms with Gasteiger partial charge in [0.1, 0.15) is 5.60 Å². The van der Waals surface area contributed by atoms with E-state index in [1.807, 2.05) is 0 Å². The predicted molar refractivity (Wildman–Crippen MR) is 105 cm³/mol. The highest BCUT2D eigenvalue weighted by Gasteiger charge is 2.40. The molecule has 1 saturated carbocycles. The third kappa shape index (κ3) is 3.28. The molecule has 0 unspecified atom stereocenters. The van der Waals surface area contributed by atoms with Gasteiger partial charge in [0.2, 0.25) is 0 Å². The number of aliphatic imine (C=N–C) groups is 1. The fourth-order valence-corrected chi connectivity index (χ4v) is 4.32. The average molecular weight is 399 g/mol. The van der Waals surface area contributed by atoms with E-state index >= 15 is 0 Å². The number of fused-ring (bicyclic) bond motifs is 1. The van der Waals surface area contributed by atoms with Crippen LogP contribution in [0.2, 0.25) is 0 Å². The molecule has 2 aromatic carbocycles. The van der Waals surface area contributed by atoms with Gasteiger partial charge in [0.15, 0.2) is 5.82 Å². The van der Waals surface area contributed by atoms with E-state index in [4.69, 9.17) is 4.74 Å². The molecule has 0 bridgehead atoms. The second kappa shape index (κ2) is 6.61. The standard InChI is InChI=1S/C22H20F3N3O/c23-22(24,25)16-7-3-2-6-15(16)14-8-9-17-18(12-14)28-19(27-17)20-26-13-21(29-20)10-4-1-5-11-21/h2-3,6-9,12H,1,4-5,10-11,13H2,(H,27,28). The van der Waals surface area contributed by atoms with Crippen LogP contribution in [0, 0.1) is 0 Å². The third-order valence-electron chi connectivity index (χ3n) is 5.82. The predicted octanol–water partition coefficient (Wildman–Crippen LogP) is 5.73. The maximum atomic E-state index is 13.4. The highest BCUT2D eigenvalue weighted by Crippen LogP contribution is 2.38. The molecule has 0 atom stereocenters. The number of benzene rings is 2. The summed E-state index contributed by atoms with van der Waals surface area (Å²) in [6, 6.07) is 10.7. The molecule has 4 nitrogen and oxygen atoms in total. The number of hydrogen-bond donors (Lipinski definition) is 1. The smallest absolute Gasteiger partial charge is 0.417 e. The molecule has 1 fully saturated rings. The van der Waals surface area contributed by atoms with Gasteiger partial charge >= 0.3 is 6.18 Å². The van der Waals surface area contributed by atoms with E-state index < -0.39 is 11.7 Å². The van der Waals surface area contributed by atoms with Crippen LogP contribution < -0.4 is 0 Å². The maximum absolute atomic E-state index is 13.4. The maximum Gasteiger partial charge on any atom is 0.417 e. The Hall–Kier alpha value is -2.83. The molecular weight excluding hydrogens is 379 g/mol. The minimum absolute atomic E-state index is 0.141. The Morgan fingerprint density at radius 2 is 1.79 bits per heavy atom. The number of ether oxygens (including phenoxy) is 1. The molecule has 1 aromatic heterocycles. The number of halogens is 3. The highest BCUT2D eigenvalue weighted by atomic mass is 19.4. The van der Waals surface area contributed by atoms with Gasteiger partial charge in [0.25, 0.3) is 5.90 Å². The SMILES string of the molecule is FC(F)(F)c1ccccc1-c1ccc2[nH]c(C3=NCC4(CCCCC4)O3)nc2c1. The van der Waals surface area contributed by atoms with Crippen molar-refractivity contribution < 1.29 is 17.9 Å². The lowest BCUT2D eigenvalue weighted by Gasteiger charge is -2.31. The van der Waals surface area contributed by atoms with Crippen molar-refractivity contribution >= 4 is 16.9 Å². The molecule has 2 aliphatic rings. The van der Waals surface area contributed by atoms with Gasteiger partial charge < -0.3 is 9.72 Å². The van der Waals surface area contributed by atoms with Gasteiger partial charge in [-0.05, 0) is 55.0 Å². The van der Waals surface area contributed by atoms with Crippen molar-refractivity contribution in [2.75, 3.05) is 6.54 Å². The molecule has 5 rings (SSSR count). The van der Waals surface area contributed by atoms with E-state index in [1.165, 1.54) is 18.6 Å². The van der Waals surface area contributed by atoms with Gasteiger partial charge in [-0.1, -0.05) is 30.7 Å². The van der Waals surface area contributed by atoms with Crippen LogP contribution in [-0.4, -0.2) is 28.0 Å². The fourth-order valence-electron chi connectivity index (χ4n) is 4.32. The van der Waals surface area contributed by atoms with Crippen LogP contribution in [0.1, 0.15) is 43.5 Å². The third-order valence-corrected chi connectivity index (χ3v) is 5.82. The minimum atomic E-state index is -4.41. The van der Waals surface area contributed by atoms with Gasteiger partial charge in [-0.15, -0.1) is 0 Å². The summed E-state index contributed by atoms with van der Waals surface area (Å²) in [4.78, 5) is 12.3. The van der Waals surface area contributed by atoms with E-state index in [0.717, 1.165) is 37.3 Å². The second-order valence-electron chi connectivity index (χ2n) is 7.83. The molecule has 1 N–H and O–H groups in total.